The van der Waals surface area contributed by atoms with Gasteiger partial charge in [0.15, 0.2) is 0 Å². The fourth-order valence-corrected chi connectivity index (χ4v) is 5.17. The Morgan fingerprint density at radius 3 is 2.25 bits per heavy atom. The zero-order valence-corrected chi connectivity index (χ0v) is 18.9. The molecule has 3 heterocycles. The molecular weight excluding hydrogens is 447 g/mol. The standard InChI is InChI=1S/C20H26F3N5O3S/c1-4-28(5-2)32(30,31)16-12-17(25(3)14-16)19(29)27-10-8-26(9-11-27)18-7-6-15(13-24-18)20(21,22)23/h6-7,12-14H,4-5,8-11H2,1-3H3. The molecule has 0 spiro atoms. The van der Waals surface area contributed by atoms with Crippen molar-refractivity contribution >= 4 is 21.7 Å². The molecule has 12 heteroatoms. The Labute approximate surface area is 185 Å². The number of sulfonamides is 1. The lowest BCUT2D eigenvalue weighted by molar-refractivity contribution is -0.137. The van der Waals surface area contributed by atoms with Crippen LogP contribution in [0.2, 0.25) is 0 Å². The maximum atomic E-state index is 13.0. The molecule has 0 radical (unpaired) electrons. The van der Waals surface area contributed by atoms with Crippen LogP contribution in [0, 0.1) is 0 Å². The minimum atomic E-state index is -4.44. The van der Waals surface area contributed by atoms with Gasteiger partial charge in [-0.05, 0) is 18.2 Å². The second kappa shape index (κ2) is 9.10. The highest BCUT2D eigenvalue weighted by Crippen LogP contribution is 2.29. The fraction of sp³-hybridized carbons (Fsp3) is 0.500. The molecular formula is C20H26F3N5O3S. The summed E-state index contributed by atoms with van der Waals surface area (Å²) in [6.07, 6.45) is -2.21. The van der Waals surface area contributed by atoms with Crippen LogP contribution < -0.4 is 4.90 Å². The van der Waals surface area contributed by atoms with Crippen LogP contribution in [-0.4, -0.2) is 72.3 Å². The minimum absolute atomic E-state index is 0.0691. The summed E-state index contributed by atoms with van der Waals surface area (Å²) in [5, 5.41) is 0. The number of carbonyl (C=O) groups is 1. The van der Waals surface area contributed by atoms with Gasteiger partial charge >= 0.3 is 6.18 Å². The minimum Gasteiger partial charge on any atom is -0.353 e. The summed E-state index contributed by atoms with van der Waals surface area (Å²) in [6.45, 7) is 5.64. The summed E-state index contributed by atoms with van der Waals surface area (Å²) in [6, 6.07) is 3.70. The molecule has 1 aliphatic rings. The molecule has 3 rings (SSSR count). The van der Waals surface area contributed by atoms with Crippen molar-refractivity contribution in [1.29, 1.82) is 0 Å². The van der Waals surface area contributed by atoms with Gasteiger partial charge in [0.05, 0.1) is 5.56 Å². The number of amides is 1. The van der Waals surface area contributed by atoms with Gasteiger partial charge in [-0.25, -0.2) is 13.4 Å². The first kappa shape index (κ1) is 24.1. The third-order valence-electron chi connectivity index (χ3n) is 5.51. The van der Waals surface area contributed by atoms with E-state index in [4.69, 9.17) is 0 Å². The summed E-state index contributed by atoms with van der Waals surface area (Å²) in [7, 11) is -2.06. The van der Waals surface area contributed by atoms with E-state index in [1.54, 1.807) is 25.8 Å². The molecule has 0 unspecified atom stereocenters. The maximum Gasteiger partial charge on any atom is 0.417 e. The van der Waals surface area contributed by atoms with Crippen LogP contribution in [0.3, 0.4) is 0 Å². The number of hydrogen-bond donors (Lipinski definition) is 0. The van der Waals surface area contributed by atoms with Crippen LogP contribution in [0.1, 0.15) is 29.9 Å². The number of pyridine rings is 1. The molecule has 8 nitrogen and oxygen atoms in total. The molecule has 0 aromatic carbocycles. The second-order valence-electron chi connectivity index (χ2n) is 7.44. The lowest BCUT2D eigenvalue weighted by atomic mass is 10.2. The predicted molar refractivity (Wildman–Crippen MR) is 113 cm³/mol. The molecule has 1 aliphatic heterocycles. The van der Waals surface area contributed by atoms with Crippen molar-refractivity contribution in [3.63, 3.8) is 0 Å². The molecule has 2 aromatic heterocycles. The highest BCUT2D eigenvalue weighted by Gasteiger charge is 2.32. The van der Waals surface area contributed by atoms with Crippen molar-refractivity contribution in [3.05, 3.63) is 41.9 Å². The molecule has 0 atom stereocenters. The van der Waals surface area contributed by atoms with Crippen molar-refractivity contribution in [1.82, 2.24) is 18.8 Å². The highest BCUT2D eigenvalue weighted by molar-refractivity contribution is 7.89. The number of piperazine rings is 1. The highest BCUT2D eigenvalue weighted by atomic mass is 32.2. The Balaban J connectivity index is 1.69. The number of nitrogens with zero attached hydrogens (tertiary/aromatic N) is 5. The topological polar surface area (TPSA) is 78.8 Å². The first-order valence-corrected chi connectivity index (χ1v) is 11.7. The summed E-state index contributed by atoms with van der Waals surface area (Å²) in [5.74, 6) is 0.116. The van der Waals surface area contributed by atoms with Gasteiger partial charge < -0.3 is 14.4 Å². The van der Waals surface area contributed by atoms with Crippen molar-refractivity contribution in [3.8, 4) is 0 Å². The molecule has 32 heavy (non-hydrogen) atoms. The Hall–Kier alpha value is -2.60. The maximum absolute atomic E-state index is 13.0. The van der Waals surface area contributed by atoms with Gasteiger partial charge in [-0.2, -0.15) is 17.5 Å². The normalized spacial score (nSPS) is 15.5. The average molecular weight is 474 g/mol. The van der Waals surface area contributed by atoms with Crippen molar-refractivity contribution in [2.45, 2.75) is 24.9 Å². The number of alkyl halides is 3. The van der Waals surface area contributed by atoms with E-state index in [9.17, 15) is 26.4 Å². The Morgan fingerprint density at radius 1 is 1.12 bits per heavy atom. The molecule has 2 aromatic rings. The van der Waals surface area contributed by atoms with Crippen LogP contribution in [0.15, 0.2) is 35.5 Å². The Kier molecular flexibility index (Phi) is 6.84. The average Bonchev–Trinajstić information content (AvgIpc) is 3.16. The van der Waals surface area contributed by atoms with E-state index in [0.717, 1.165) is 12.3 Å². The van der Waals surface area contributed by atoms with E-state index in [1.165, 1.54) is 27.2 Å². The zero-order valence-electron chi connectivity index (χ0n) is 18.1. The van der Waals surface area contributed by atoms with Crippen molar-refractivity contribution in [2.24, 2.45) is 7.05 Å². The first-order valence-electron chi connectivity index (χ1n) is 10.2. The van der Waals surface area contributed by atoms with Gasteiger partial charge in [-0.1, -0.05) is 13.8 Å². The lowest BCUT2D eigenvalue weighted by Crippen LogP contribution is -2.49. The predicted octanol–water partition coefficient (Wildman–Crippen LogP) is 2.43. The van der Waals surface area contributed by atoms with Crippen LogP contribution in [-0.2, 0) is 23.2 Å². The molecule has 1 saturated heterocycles. The van der Waals surface area contributed by atoms with E-state index in [0.29, 0.717) is 45.1 Å². The van der Waals surface area contributed by atoms with Crippen LogP contribution in [0.25, 0.3) is 0 Å². The zero-order chi connectivity index (χ0) is 23.7. The number of halogens is 3. The van der Waals surface area contributed by atoms with Gasteiger partial charge in [0.2, 0.25) is 10.0 Å². The number of anilines is 1. The summed E-state index contributed by atoms with van der Waals surface area (Å²) < 4.78 is 66.5. The second-order valence-corrected chi connectivity index (χ2v) is 9.38. The number of aryl methyl sites for hydroxylation is 1. The van der Waals surface area contributed by atoms with E-state index in [2.05, 4.69) is 4.98 Å². The van der Waals surface area contributed by atoms with Crippen molar-refractivity contribution in [2.75, 3.05) is 44.2 Å². The Bertz CT molecular complexity index is 1060. The SMILES string of the molecule is CCN(CC)S(=O)(=O)c1cc(C(=O)N2CCN(c3ccc(C(F)(F)F)cn3)CC2)n(C)c1. The molecule has 0 N–H and O–H groups in total. The molecule has 0 aliphatic carbocycles. The monoisotopic (exact) mass is 473 g/mol. The number of hydrogen-bond acceptors (Lipinski definition) is 5. The van der Waals surface area contributed by atoms with Gasteiger partial charge in [0.1, 0.15) is 16.4 Å². The van der Waals surface area contributed by atoms with E-state index < -0.39 is 21.8 Å². The largest absolute Gasteiger partial charge is 0.417 e. The fourth-order valence-electron chi connectivity index (χ4n) is 3.64. The lowest BCUT2D eigenvalue weighted by Gasteiger charge is -2.35. The van der Waals surface area contributed by atoms with Gasteiger partial charge in [0.25, 0.3) is 5.91 Å². The van der Waals surface area contributed by atoms with E-state index in [1.807, 2.05) is 4.90 Å². The van der Waals surface area contributed by atoms with Gasteiger partial charge in [-0.3, -0.25) is 4.79 Å². The Morgan fingerprint density at radius 2 is 1.75 bits per heavy atom. The van der Waals surface area contributed by atoms with Gasteiger partial charge in [0, 0.05) is 58.7 Å². The molecule has 176 valence electrons. The quantitative estimate of drug-likeness (QED) is 0.644. The third-order valence-corrected chi connectivity index (χ3v) is 7.52. The number of aromatic nitrogens is 2. The van der Waals surface area contributed by atoms with E-state index >= 15 is 0 Å². The van der Waals surface area contributed by atoms with Gasteiger partial charge in [-0.15, -0.1) is 0 Å². The smallest absolute Gasteiger partial charge is 0.353 e. The van der Waals surface area contributed by atoms with Crippen LogP contribution in [0.4, 0.5) is 19.0 Å². The van der Waals surface area contributed by atoms with Crippen LogP contribution >= 0.6 is 0 Å². The third kappa shape index (κ3) is 4.75. The number of carbonyl (C=O) groups excluding carboxylic acids is 1. The number of rotatable bonds is 6. The first-order chi connectivity index (χ1) is 15.0. The molecule has 1 fully saturated rings. The van der Waals surface area contributed by atoms with Crippen molar-refractivity contribution < 1.29 is 26.4 Å². The van der Waals surface area contributed by atoms with E-state index in [-0.39, 0.29) is 16.5 Å². The molecule has 0 bridgehead atoms. The summed E-state index contributed by atoms with van der Waals surface area (Å²) in [4.78, 5) is 20.4. The summed E-state index contributed by atoms with van der Waals surface area (Å²) >= 11 is 0. The molecule has 0 saturated carbocycles. The molecule has 1 amide bonds. The summed E-state index contributed by atoms with van der Waals surface area (Å²) in [5.41, 5.74) is -0.550. The van der Waals surface area contributed by atoms with Crippen LogP contribution in [0.5, 0.6) is 0 Å².